The summed E-state index contributed by atoms with van der Waals surface area (Å²) in [6, 6.07) is 26.0. The lowest BCUT2D eigenvalue weighted by molar-refractivity contribution is -0.119. The Morgan fingerprint density at radius 2 is 1.65 bits per heavy atom. The lowest BCUT2D eigenvalue weighted by Gasteiger charge is -2.26. The van der Waals surface area contributed by atoms with Crippen LogP contribution in [-0.4, -0.2) is 36.9 Å². The zero-order chi connectivity index (χ0) is 29.6. The number of fused-ring (bicyclic) bond motifs is 1. The molecule has 1 aliphatic carbocycles. The molecule has 2 aliphatic heterocycles. The second kappa shape index (κ2) is 13.1. The molecule has 2 saturated heterocycles. The number of benzene rings is 3. The molecule has 3 aliphatic rings. The second-order valence-electron chi connectivity index (χ2n) is 11.4. The van der Waals surface area contributed by atoms with E-state index in [9.17, 15) is 9.59 Å². The van der Waals surface area contributed by atoms with Gasteiger partial charge in [0.25, 0.3) is 5.91 Å². The quantitative estimate of drug-likeness (QED) is 0.282. The molecule has 1 atom stereocenters. The third-order valence-electron chi connectivity index (χ3n) is 8.37. The van der Waals surface area contributed by atoms with E-state index in [1.807, 2.05) is 66.7 Å². The van der Waals surface area contributed by atoms with Gasteiger partial charge in [0, 0.05) is 41.5 Å². The zero-order valence-corrected chi connectivity index (χ0v) is 24.6. The number of carbonyl (C=O) groups excluding carboxylic acids is 2. The number of hydrogen-bond acceptors (Lipinski definition) is 5. The first-order valence-electron chi connectivity index (χ1n) is 15.1. The van der Waals surface area contributed by atoms with Gasteiger partial charge < -0.3 is 20.7 Å². The number of anilines is 1. The molecule has 0 bridgehead atoms. The largest absolute Gasteiger partial charge is 0.496 e. The van der Waals surface area contributed by atoms with Crippen LogP contribution in [0, 0.1) is 5.92 Å². The molecule has 2 heterocycles. The van der Waals surface area contributed by atoms with Crippen LogP contribution in [0.1, 0.15) is 42.4 Å². The SMILES string of the molecule is COc1ccccc1CC(=O)NC1=CC=C2NC(=O)C(=C(Nc3ccc(CN4CCCCC4)cc3)c3ccccc3)C2C1. The average molecular weight is 575 g/mol. The molecular weight excluding hydrogens is 536 g/mol. The number of piperidine rings is 1. The predicted octanol–water partition coefficient (Wildman–Crippen LogP) is 5.78. The summed E-state index contributed by atoms with van der Waals surface area (Å²) in [5, 5.41) is 9.73. The van der Waals surface area contributed by atoms with Crippen LogP contribution >= 0.6 is 0 Å². The number of methoxy groups -OCH3 is 1. The van der Waals surface area contributed by atoms with Gasteiger partial charge in [0.15, 0.2) is 0 Å². The lowest BCUT2D eigenvalue weighted by Crippen LogP contribution is -2.29. The number of nitrogens with one attached hydrogen (secondary N) is 3. The van der Waals surface area contributed by atoms with Crippen molar-refractivity contribution in [3.05, 3.63) is 125 Å². The Labute approximate surface area is 253 Å². The van der Waals surface area contributed by atoms with Crippen molar-refractivity contribution in [1.29, 1.82) is 0 Å². The minimum atomic E-state index is -0.208. The Morgan fingerprint density at radius 3 is 2.42 bits per heavy atom. The van der Waals surface area contributed by atoms with Crippen LogP contribution in [0.3, 0.4) is 0 Å². The van der Waals surface area contributed by atoms with E-state index in [-0.39, 0.29) is 24.2 Å². The van der Waals surface area contributed by atoms with Crippen molar-refractivity contribution in [3.8, 4) is 5.75 Å². The van der Waals surface area contributed by atoms with E-state index in [1.54, 1.807) is 7.11 Å². The van der Waals surface area contributed by atoms with Gasteiger partial charge in [-0.1, -0.05) is 67.1 Å². The Balaban J connectivity index is 1.22. The fraction of sp³-hybridized carbons (Fsp3) is 0.278. The monoisotopic (exact) mass is 574 g/mol. The maximum Gasteiger partial charge on any atom is 0.254 e. The van der Waals surface area contributed by atoms with Crippen molar-refractivity contribution >= 4 is 23.2 Å². The van der Waals surface area contributed by atoms with Gasteiger partial charge >= 0.3 is 0 Å². The molecule has 0 spiro atoms. The van der Waals surface area contributed by atoms with Crippen molar-refractivity contribution in [2.24, 2.45) is 5.92 Å². The van der Waals surface area contributed by atoms with Crippen molar-refractivity contribution in [2.75, 3.05) is 25.5 Å². The standard InChI is InChI=1S/C36H38N4O3/c1-43-32-13-7-6-12-27(32)22-33(41)37-29-18-19-31-30(23-29)34(36(42)39-31)35(26-10-4-2-5-11-26)38-28-16-14-25(15-17-28)24-40-20-8-3-9-21-40/h2,4-7,10-19,30,38H,3,8-9,20-24H2,1H3,(H,37,41)(H,39,42). The normalized spacial score (nSPS) is 19.5. The smallest absolute Gasteiger partial charge is 0.254 e. The number of rotatable bonds is 9. The van der Waals surface area contributed by atoms with Crippen molar-refractivity contribution in [2.45, 2.75) is 38.6 Å². The van der Waals surface area contributed by atoms with Gasteiger partial charge in [-0.3, -0.25) is 14.5 Å². The topological polar surface area (TPSA) is 82.7 Å². The summed E-state index contributed by atoms with van der Waals surface area (Å²) in [4.78, 5) is 29.0. The van der Waals surface area contributed by atoms with Crippen LogP contribution in [0.25, 0.3) is 5.70 Å². The average Bonchev–Trinajstić information content (AvgIpc) is 3.36. The Hall–Kier alpha value is -4.62. The maximum atomic E-state index is 13.5. The van der Waals surface area contributed by atoms with Gasteiger partial charge in [0.2, 0.25) is 5.91 Å². The summed E-state index contributed by atoms with van der Waals surface area (Å²) < 4.78 is 5.41. The third-order valence-corrected chi connectivity index (χ3v) is 8.37. The Morgan fingerprint density at radius 1 is 0.907 bits per heavy atom. The highest BCUT2D eigenvalue weighted by Crippen LogP contribution is 2.39. The van der Waals surface area contributed by atoms with E-state index in [2.05, 4.69) is 45.1 Å². The minimum absolute atomic E-state index is 0.124. The van der Waals surface area contributed by atoms with Gasteiger partial charge in [-0.25, -0.2) is 0 Å². The van der Waals surface area contributed by atoms with E-state index >= 15 is 0 Å². The molecule has 2 amide bonds. The zero-order valence-electron chi connectivity index (χ0n) is 24.6. The summed E-state index contributed by atoms with van der Waals surface area (Å²) in [6.45, 7) is 3.28. The first-order valence-corrected chi connectivity index (χ1v) is 15.1. The molecule has 6 rings (SSSR count). The molecular formula is C36H38N4O3. The molecule has 7 heteroatoms. The molecule has 3 aromatic carbocycles. The maximum absolute atomic E-state index is 13.5. The number of allylic oxidation sites excluding steroid dienone is 4. The number of ether oxygens (including phenoxy) is 1. The number of likely N-dealkylation sites (tertiary alicyclic amines) is 1. The van der Waals surface area contributed by atoms with Gasteiger partial charge in [-0.15, -0.1) is 0 Å². The fourth-order valence-corrected chi connectivity index (χ4v) is 6.19. The highest BCUT2D eigenvalue weighted by atomic mass is 16.5. The summed E-state index contributed by atoms with van der Waals surface area (Å²) in [7, 11) is 1.60. The van der Waals surface area contributed by atoms with Crippen LogP contribution in [0.4, 0.5) is 5.69 Å². The van der Waals surface area contributed by atoms with Crippen molar-refractivity contribution in [1.82, 2.24) is 15.5 Å². The number of carbonyl (C=O) groups is 2. The molecule has 3 aromatic rings. The van der Waals surface area contributed by atoms with Crippen LogP contribution in [-0.2, 0) is 22.6 Å². The summed E-state index contributed by atoms with van der Waals surface area (Å²) in [6.07, 6.45) is 8.36. The fourth-order valence-electron chi connectivity index (χ4n) is 6.19. The molecule has 1 unspecified atom stereocenters. The number of para-hydroxylation sites is 1. The van der Waals surface area contributed by atoms with E-state index in [4.69, 9.17) is 4.74 Å². The minimum Gasteiger partial charge on any atom is -0.496 e. The Bertz CT molecular complexity index is 1570. The Kier molecular flexibility index (Phi) is 8.70. The highest BCUT2D eigenvalue weighted by molar-refractivity contribution is 6.07. The molecule has 2 fully saturated rings. The van der Waals surface area contributed by atoms with Gasteiger partial charge in [0.05, 0.1) is 24.8 Å². The second-order valence-corrected chi connectivity index (χ2v) is 11.4. The van der Waals surface area contributed by atoms with E-state index < -0.39 is 0 Å². The van der Waals surface area contributed by atoms with Crippen molar-refractivity contribution in [3.63, 3.8) is 0 Å². The van der Waals surface area contributed by atoms with Gasteiger partial charge in [0.1, 0.15) is 5.75 Å². The first-order chi connectivity index (χ1) is 21.1. The predicted molar refractivity (Wildman–Crippen MR) is 170 cm³/mol. The molecule has 0 saturated carbocycles. The summed E-state index contributed by atoms with van der Waals surface area (Å²) in [5.74, 6) is 0.229. The molecule has 220 valence electrons. The number of nitrogens with zero attached hydrogens (tertiary/aromatic N) is 1. The summed E-state index contributed by atoms with van der Waals surface area (Å²) in [5.41, 5.74) is 7.03. The summed E-state index contributed by atoms with van der Waals surface area (Å²) >= 11 is 0. The molecule has 7 nitrogen and oxygen atoms in total. The number of hydrogen-bond donors (Lipinski definition) is 3. The molecule has 43 heavy (non-hydrogen) atoms. The van der Waals surface area contributed by atoms with Gasteiger partial charge in [-0.2, -0.15) is 0 Å². The highest BCUT2D eigenvalue weighted by Gasteiger charge is 2.38. The molecule has 0 radical (unpaired) electrons. The van der Waals surface area contributed by atoms with Crippen LogP contribution in [0.15, 0.2) is 108 Å². The van der Waals surface area contributed by atoms with Crippen molar-refractivity contribution < 1.29 is 14.3 Å². The number of amides is 2. The lowest BCUT2D eigenvalue weighted by atomic mass is 9.88. The molecule has 3 N–H and O–H groups in total. The van der Waals surface area contributed by atoms with Crippen LogP contribution in [0.5, 0.6) is 5.75 Å². The van der Waals surface area contributed by atoms with E-state index in [1.165, 1.54) is 24.8 Å². The van der Waals surface area contributed by atoms with Crippen LogP contribution in [0.2, 0.25) is 0 Å². The van der Waals surface area contributed by atoms with Crippen LogP contribution < -0.4 is 20.7 Å². The van der Waals surface area contributed by atoms with Gasteiger partial charge in [-0.05, 0) is 67.4 Å². The van der Waals surface area contributed by atoms with E-state index in [0.29, 0.717) is 17.7 Å². The molecule has 0 aromatic heterocycles. The first kappa shape index (κ1) is 28.5. The third kappa shape index (κ3) is 6.73. The van der Waals surface area contributed by atoms with E-state index in [0.717, 1.165) is 53.5 Å².